The molecule has 0 bridgehead atoms. The third kappa shape index (κ3) is 3.89. The fraction of sp³-hybridized carbons (Fsp3) is 0.375. The number of hydrogen-bond donors (Lipinski definition) is 0. The lowest BCUT2D eigenvalue weighted by atomic mass is 10.2. The van der Waals surface area contributed by atoms with Crippen LogP contribution in [0.5, 0.6) is 0 Å². The molecule has 0 atom stereocenters. The molecule has 0 rings (SSSR count). The van der Waals surface area contributed by atoms with Crippen LogP contribution in [0.2, 0.25) is 0 Å². The van der Waals surface area contributed by atoms with E-state index in [0.717, 1.165) is 5.57 Å². The second kappa shape index (κ2) is 4.79. The van der Waals surface area contributed by atoms with Gasteiger partial charge in [0.1, 0.15) is 0 Å². The van der Waals surface area contributed by atoms with E-state index in [1.54, 1.807) is 12.2 Å². The quantitative estimate of drug-likeness (QED) is 0.440. The van der Waals surface area contributed by atoms with Gasteiger partial charge in [0.15, 0.2) is 0 Å². The predicted octanol–water partition coefficient (Wildman–Crippen LogP) is 1.68. The molecule has 0 aliphatic heterocycles. The minimum Gasteiger partial charge on any atom is -0.469 e. The average molecular weight is 140 g/mol. The van der Waals surface area contributed by atoms with Gasteiger partial charge >= 0.3 is 5.97 Å². The van der Waals surface area contributed by atoms with Crippen LogP contribution in [0.25, 0.3) is 0 Å². The molecule has 0 amide bonds. The van der Waals surface area contributed by atoms with Crippen LogP contribution in [0.1, 0.15) is 13.3 Å². The molecule has 0 aromatic rings. The van der Waals surface area contributed by atoms with E-state index in [4.69, 9.17) is 0 Å². The maximum Gasteiger partial charge on any atom is 0.309 e. The van der Waals surface area contributed by atoms with Crippen LogP contribution < -0.4 is 0 Å². The van der Waals surface area contributed by atoms with Gasteiger partial charge in [0.05, 0.1) is 13.5 Å². The zero-order valence-electron chi connectivity index (χ0n) is 6.39. The minimum atomic E-state index is -0.212. The Morgan fingerprint density at radius 1 is 1.70 bits per heavy atom. The molecule has 0 saturated carbocycles. The van der Waals surface area contributed by atoms with E-state index in [1.807, 2.05) is 6.92 Å². The molecule has 56 valence electrons. The highest BCUT2D eigenvalue weighted by Gasteiger charge is 1.98. The van der Waals surface area contributed by atoms with Crippen molar-refractivity contribution in [2.75, 3.05) is 7.11 Å². The summed E-state index contributed by atoms with van der Waals surface area (Å²) >= 11 is 0. The van der Waals surface area contributed by atoms with Gasteiger partial charge < -0.3 is 4.74 Å². The Kier molecular flexibility index (Phi) is 4.29. The molecular formula is C8H12O2. The lowest BCUT2D eigenvalue weighted by Gasteiger charge is -1.96. The van der Waals surface area contributed by atoms with Gasteiger partial charge in [-0.05, 0) is 6.92 Å². The van der Waals surface area contributed by atoms with Crippen LogP contribution in [0.3, 0.4) is 0 Å². The Morgan fingerprint density at radius 3 is 2.70 bits per heavy atom. The molecule has 10 heavy (non-hydrogen) atoms. The van der Waals surface area contributed by atoms with Gasteiger partial charge in [-0.15, -0.1) is 0 Å². The van der Waals surface area contributed by atoms with Crippen LogP contribution in [-0.4, -0.2) is 13.1 Å². The van der Waals surface area contributed by atoms with Crippen LogP contribution in [0.4, 0.5) is 0 Å². The molecule has 0 fully saturated rings. The van der Waals surface area contributed by atoms with Gasteiger partial charge in [-0.2, -0.15) is 0 Å². The summed E-state index contributed by atoms with van der Waals surface area (Å²) < 4.78 is 4.45. The number of hydrogen-bond acceptors (Lipinski definition) is 2. The third-order valence-corrected chi connectivity index (χ3v) is 1.05. The minimum absolute atomic E-state index is 0.212. The van der Waals surface area contributed by atoms with Crippen LogP contribution >= 0.6 is 0 Å². The van der Waals surface area contributed by atoms with Crippen LogP contribution in [0.15, 0.2) is 24.3 Å². The first-order valence-electron chi connectivity index (χ1n) is 3.05. The van der Waals surface area contributed by atoms with Gasteiger partial charge in [-0.3, -0.25) is 4.79 Å². The van der Waals surface area contributed by atoms with Crippen molar-refractivity contribution < 1.29 is 9.53 Å². The first-order chi connectivity index (χ1) is 4.70. The van der Waals surface area contributed by atoms with Gasteiger partial charge in [0.25, 0.3) is 0 Å². The Hall–Kier alpha value is -1.05. The summed E-state index contributed by atoms with van der Waals surface area (Å²) in [5.74, 6) is -0.212. The van der Waals surface area contributed by atoms with Crippen molar-refractivity contribution in [1.82, 2.24) is 0 Å². The summed E-state index contributed by atoms with van der Waals surface area (Å²) in [7, 11) is 1.38. The van der Waals surface area contributed by atoms with Crippen molar-refractivity contribution in [3.8, 4) is 0 Å². The van der Waals surface area contributed by atoms with Crippen molar-refractivity contribution in [1.29, 1.82) is 0 Å². The van der Waals surface area contributed by atoms with E-state index in [1.165, 1.54) is 7.11 Å². The summed E-state index contributed by atoms with van der Waals surface area (Å²) in [5.41, 5.74) is 0.960. The summed E-state index contributed by atoms with van der Waals surface area (Å²) in [6.07, 6.45) is 3.79. The SMILES string of the molecule is C=C/C=C(/C)CC(=O)OC. The lowest BCUT2D eigenvalue weighted by Crippen LogP contribution is -1.99. The Balaban J connectivity index is 3.78. The van der Waals surface area contributed by atoms with Gasteiger partial charge in [0.2, 0.25) is 0 Å². The number of ether oxygens (including phenoxy) is 1. The number of allylic oxidation sites excluding steroid dienone is 2. The van der Waals surface area contributed by atoms with E-state index in [0.29, 0.717) is 6.42 Å². The summed E-state index contributed by atoms with van der Waals surface area (Å²) in [4.78, 5) is 10.6. The molecule has 0 radical (unpaired) electrons. The average Bonchev–Trinajstić information content (AvgIpc) is 1.88. The molecule has 0 aliphatic rings. The molecule has 0 aromatic carbocycles. The van der Waals surface area contributed by atoms with Crippen molar-refractivity contribution in [3.63, 3.8) is 0 Å². The highest BCUT2D eigenvalue weighted by molar-refractivity contribution is 5.72. The molecule has 0 heterocycles. The first-order valence-corrected chi connectivity index (χ1v) is 3.05. The molecule has 2 heteroatoms. The van der Waals surface area contributed by atoms with Crippen LogP contribution in [-0.2, 0) is 9.53 Å². The Morgan fingerprint density at radius 2 is 2.30 bits per heavy atom. The zero-order valence-corrected chi connectivity index (χ0v) is 6.39. The smallest absolute Gasteiger partial charge is 0.309 e. The van der Waals surface area contributed by atoms with Crippen LogP contribution in [0, 0.1) is 0 Å². The predicted molar refractivity (Wildman–Crippen MR) is 40.6 cm³/mol. The Bertz CT molecular complexity index is 157. The van der Waals surface area contributed by atoms with Crippen molar-refractivity contribution in [2.45, 2.75) is 13.3 Å². The third-order valence-electron chi connectivity index (χ3n) is 1.05. The van der Waals surface area contributed by atoms with E-state index in [2.05, 4.69) is 11.3 Å². The zero-order chi connectivity index (χ0) is 7.98. The maximum absolute atomic E-state index is 10.6. The van der Waals surface area contributed by atoms with Crippen molar-refractivity contribution in [2.24, 2.45) is 0 Å². The van der Waals surface area contributed by atoms with E-state index in [9.17, 15) is 4.79 Å². The number of rotatable bonds is 3. The normalized spacial score (nSPS) is 10.8. The Labute approximate surface area is 61.2 Å². The lowest BCUT2D eigenvalue weighted by molar-refractivity contribution is -0.139. The fourth-order valence-electron chi connectivity index (χ4n) is 0.560. The van der Waals surface area contributed by atoms with E-state index in [-0.39, 0.29) is 5.97 Å². The van der Waals surface area contributed by atoms with Gasteiger partial charge in [-0.1, -0.05) is 24.3 Å². The monoisotopic (exact) mass is 140 g/mol. The molecule has 0 aliphatic carbocycles. The first kappa shape index (κ1) is 8.95. The molecule has 0 unspecified atom stereocenters. The molecule has 0 aromatic heterocycles. The summed E-state index contributed by atoms with van der Waals surface area (Å²) in [6, 6.07) is 0. The van der Waals surface area contributed by atoms with E-state index >= 15 is 0 Å². The molecule has 0 saturated heterocycles. The van der Waals surface area contributed by atoms with E-state index < -0.39 is 0 Å². The maximum atomic E-state index is 10.6. The van der Waals surface area contributed by atoms with Crippen molar-refractivity contribution in [3.05, 3.63) is 24.3 Å². The van der Waals surface area contributed by atoms with Gasteiger partial charge in [0, 0.05) is 0 Å². The highest BCUT2D eigenvalue weighted by Crippen LogP contribution is 2.00. The van der Waals surface area contributed by atoms with Crippen molar-refractivity contribution >= 4 is 5.97 Å². The molecular weight excluding hydrogens is 128 g/mol. The standard InChI is InChI=1S/C8H12O2/c1-4-5-7(2)6-8(9)10-3/h4-5H,1,6H2,2-3H3/b7-5-. The largest absolute Gasteiger partial charge is 0.469 e. The fourth-order valence-corrected chi connectivity index (χ4v) is 0.560. The second-order valence-corrected chi connectivity index (χ2v) is 2.00. The topological polar surface area (TPSA) is 26.3 Å². The van der Waals surface area contributed by atoms with Gasteiger partial charge in [-0.25, -0.2) is 0 Å². The number of methoxy groups -OCH3 is 1. The number of carbonyl (C=O) groups excluding carboxylic acids is 1. The number of carbonyl (C=O) groups is 1. The molecule has 2 nitrogen and oxygen atoms in total. The molecule has 0 N–H and O–H groups in total. The number of esters is 1. The highest BCUT2D eigenvalue weighted by atomic mass is 16.5. The summed E-state index contributed by atoms with van der Waals surface area (Å²) in [6.45, 7) is 5.36. The second-order valence-electron chi connectivity index (χ2n) is 2.00. The summed E-state index contributed by atoms with van der Waals surface area (Å²) in [5, 5.41) is 0. The molecule has 0 spiro atoms.